The zero-order valence-corrected chi connectivity index (χ0v) is 15.3. The molecule has 0 saturated carbocycles. The zero-order valence-electron chi connectivity index (χ0n) is 14.5. The van der Waals surface area contributed by atoms with E-state index in [1.165, 1.54) is 6.07 Å². The number of aryl methyl sites for hydroxylation is 1. The van der Waals surface area contributed by atoms with E-state index in [9.17, 15) is 26.4 Å². The highest BCUT2D eigenvalue weighted by Crippen LogP contribution is 2.33. The highest BCUT2D eigenvalue weighted by atomic mass is 32.2. The van der Waals surface area contributed by atoms with E-state index in [4.69, 9.17) is 0 Å². The summed E-state index contributed by atoms with van der Waals surface area (Å²) in [6, 6.07) is 11.4. The molecule has 0 aliphatic heterocycles. The van der Waals surface area contributed by atoms with Crippen molar-refractivity contribution in [2.45, 2.75) is 31.0 Å². The highest BCUT2D eigenvalue weighted by molar-refractivity contribution is 7.89. The van der Waals surface area contributed by atoms with E-state index in [0.717, 1.165) is 23.3 Å². The molecule has 2 N–H and O–H groups in total. The van der Waals surface area contributed by atoms with Crippen LogP contribution in [0.3, 0.4) is 0 Å². The van der Waals surface area contributed by atoms with Gasteiger partial charge in [-0.3, -0.25) is 4.79 Å². The van der Waals surface area contributed by atoms with Crippen LogP contribution in [0.15, 0.2) is 53.4 Å². The molecule has 27 heavy (non-hydrogen) atoms. The first-order valence-electron chi connectivity index (χ1n) is 8.08. The van der Waals surface area contributed by atoms with E-state index >= 15 is 0 Å². The summed E-state index contributed by atoms with van der Waals surface area (Å²) < 4.78 is 65.2. The predicted octanol–water partition coefficient (Wildman–Crippen LogP) is 3.00. The van der Waals surface area contributed by atoms with Crippen LogP contribution in [0.5, 0.6) is 0 Å². The molecule has 0 aliphatic carbocycles. The van der Waals surface area contributed by atoms with Gasteiger partial charge in [-0.15, -0.1) is 0 Å². The van der Waals surface area contributed by atoms with Gasteiger partial charge in [-0.2, -0.15) is 13.2 Å². The quantitative estimate of drug-likeness (QED) is 0.750. The van der Waals surface area contributed by atoms with Gasteiger partial charge in [0, 0.05) is 19.5 Å². The Morgan fingerprint density at radius 3 is 2.30 bits per heavy atom. The summed E-state index contributed by atoms with van der Waals surface area (Å²) in [6.45, 7) is 1.91. The van der Waals surface area contributed by atoms with Crippen molar-refractivity contribution in [3.63, 3.8) is 0 Å². The molecule has 0 unspecified atom stereocenters. The average molecular weight is 400 g/mol. The summed E-state index contributed by atoms with van der Waals surface area (Å²) in [6.07, 6.45) is -4.99. The molecule has 0 fully saturated rings. The fourth-order valence-electron chi connectivity index (χ4n) is 2.31. The Hall–Kier alpha value is -2.39. The standard InChI is InChI=1S/C18H19F3N2O3S/c1-13-6-8-14(9-7-13)12-22-17(24)10-11-23-27(25,26)16-5-3-2-4-15(16)18(19,20)21/h2-9,23H,10-12H2,1H3,(H,22,24). The van der Waals surface area contributed by atoms with Crippen LogP contribution in [0.25, 0.3) is 0 Å². The van der Waals surface area contributed by atoms with Crippen LogP contribution in [0.4, 0.5) is 13.2 Å². The minimum Gasteiger partial charge on any atom is -0.352 e. The van der Waals surface area contributed by atoms with E-state index in [0.29, 0.717) is 6.07 Å². The first-order chi connectivity index (χ1) is 12.6. The second-order valence-corrected chi connectivity index (χ2v) is 7.64. The molecule has 9 heteroatoms. The van der Waals surface area contributed by atoms with Crippen LogP contribution < -0.4 is 10.0 Å². The van der Waals surface area contributed by atoms with Gasteiger partial charge < -0.3 is 5.32 Å². The highest BCUT2D eigenvalue weighted by Gasteiger charge is 2.36. The molecular formula is C18H19F3N2O3S. The van der Waals surface area contributed by atoms with Gasteiger partial charge in [-0.1, -0.05) is 42.0 Å². The van der Waals surface area contributed by atoms with Crippen molar-refractivity contribution in [2.24, 2.45) is 0 Å². The maximum atomic E-state index is 13.0. The van der Waals surface area contributed by atoms with E-state index in [-0.39, 0.29) is 19.5 Å². The fourth-order valence-corrected chi connectivity index (χ4v) is 3.56. The van der Waals surface area contributed by atoms with Crippen molar-refractivity contribution in [2.75, 3.05) is 6.54 Å². The lowest BCUT2D eigenvalue weighted by Crippen LogP contribution is -2.31. The smallest absolute Gasteiger partial charge is 0.352 e. The number of halogens is 3. The van der Waals surface area contributed by atoms with Gasteiger partial charge in [-0.05, 0) is 24.6 Å². The van der Waals surface area contributed by atoms with Crippen molar-refractivity contribution >= 4 is 15.9 Å². The van der Waals surface area contributed by atoms with Gasteiger partial charge in [-0.25, -0.2) is 13.1 Å². The molecule has 0 saturated heterocycles. The Bertz CT molecular complexity index is 895. The van der Waals surface area contributed by atoms with Gasteiger partial charge in [0.1, 0.15) is 0 Å². The Balaban J connectivity index is 1.90. The summed E-state index contributed by atoms with van der Waals surface area (Å²) >= 11 is 0. The van der Waals surface area contributed by atoms with E-state index in [2.05, 4.69) is 5.32 Å². The zero-order chi connectivity index (χ0) is 20.1. The molecule has 146 valence electrons. The minimum atomic E-state index is -4.79. The van der Waals surface area contributed by atoms with Crippen LogP contribution in [0.2, 0.25) is 0 Å². The van der Waals surface area contributed by atoms with Crippen molar-refractivity contribution in [1.29, 1.82) is 0 Å². The molecule has 0 heterocycles. The number of benzene rings is 2. The molecule has 2 aromatic carbocycles. The maximum absolute atomic E-state index is 13.0. The predicted molar refractivity (Wildman–Crippen MR) is 94.3 cm³/mol. The number of nitrogens with one attached hydrogen (secondary N) is 2. The van der Waals surface area contributed by atoms with Crippen molar-refractivity contribution in [1.82, 2.24) is 10.0 Å². The van der Waals surface area contributed by atoms with Crippen LogP contribution in [0, 0.1) is 6.92 Å². The molecule has 2 aromatic rings. The lowest BCUT2D eigenvalue weighted by atomic mass is 10.1. The Morgan fingerprint density at radius 2 is 1.67 bits per heavy atom. The van der Waals surface area contributed by atoms with E-state index < -0.39 is 32.6 Å². The van der Waals surface area contributed by atoms with E-state index in [1.54, 1.807) is 0 Å². The van der Waals surface area contributed by atoms with E-state index in [1.807, 2.05) is 35.9 Å². The molecule has 2 rings (SSSR count). The third-order valence-electron chi connectivity index (χ3n) is 3.74. The number of rotatable bonds is 7. The van der Waals surface area contributed by atoms with Gasteiger partial charge in [0.2, 0.25) is 15.9 Å². The summed E-state index contributed by atoms with van der Waals surface area (Å²) in [5, 5.41) is 2.63. The fraction of sp³-hybridized carbons (Fsp3) is 0.278. The summed E-state index contributed by atoms with van der Waals surface area (Å²) in [4.78, 5) is 10.9. The van der Waals surface area contributed by atoms with Gasteiger partial charge in [0.15, 0.2) is 0 Å². The Labute approximate surface area is 155 Å². The number of carbonyl (C=O) groups is 1. The summed E-state index contributed by atoms with van der Waals surface area (Å²) in [5.41, 5.74) is 0.716. The first kappa shape index (κ1) is 20.9. The monoisotopic (exact) mass is 400 g/mol. The second kappa shape index (κ2) is 8.53. The SMILES string of the molecule is Cc1ccc(CNC(=O)CCNS(=O)(=O)c2ccccc2C(F)(F)F)cc1. The molecule has 0 spiro atoms. The van der Waals surface area contributed by atoms with Gasteiger partial charge in [0.25, 0.3) is 0 Å². The topological polar surface area (TPSA) is 75.3 Å². The Kier molecular flexibility index (Phi) is 6.61. The lowest BCUT2D eigenvalue weighted by Gasteiger charge is -2.13. The lowest BCUT2D eigenvalue weighted by molar-refractivity contribution is -0.139. The number of hydrogen-bond donors (Lipinski definition) is 2. The molecule has 0 aliphatic rings. The number of amides is 1. The first-order valence-corrected chi connectivity index (χ1v) is 9.56. The Morgan fingerprint density at radius 1 is 1.04 bits per heavy atom. The molecule has 0 atom stereocenters. The molecule has 0 radical (unpaired) electrons. The molecular weight excluding hydrogens is 381 g/mol. The van der Waals surface area contributed by atoms with Gasteiger partial charge in [0.05, 0.1) is 10.5 Å². The maximum Gasteiger partial charge on any atom is 0.417 e. The summed E-state index contributed by atoms with van der Waals surface area (Å²) in [7, 11) is -4.39. The largest absolute Gasteiger partial charge is 0.417 e. The molecule has 0 aromatic heterocycles. The minimum absolute atomic E-state index is 0.195. The van der Waals surface area contributed by atoms with Crippen LogP contribution >= 0.6 is 0 Å². The van der Waals surface area contributed by atoms with Crippen LogP contribution in [-0.2, 0) is 27.5 Å². The normalized spacial score (nSPS) is 12.0. The average Bonchev–Trinajstić information content (AvgIpc) is 2.60. The molecule has 0 bridgehead atoms. The van der Waals surface area contributed by atoms with Gasteiger partial charge >= 0.3 is 6.18 Å². The summed E-state index contributed by atoms with van der Waals surface area (Å²) in [5.74, 6) is -0.414. The number of carbonyl (C=O) groups excluding carboxylic acids is 1. The third-order valence-corrected chi connectivity index (χ3v) is 5.26. The van der Waals surface area contributed by atoms with Crippen molar-refractivity contribution in [3.05, 3.63) is 65.2 Å². The number of hydrogen-bond acceptors (Lipinski definition) is 3. The molecule has 1 amide bonds. The second-order valence-electron chi connectivity index (χ2n) is 5.90. The van der Waals surface area contributed by atoms with Crippen LogP contribution in [0.1, 0.15) is 23.1 Å². The van der Waals surface area contributed by atoms with Crippen molar-refractivity contribution < 1.29 is 26.4 Å². The third kappa shape index (κ3) is 6.07. The van der Waals surface area contributed by atoms with Crippen LogP contribution in [-0.4, -0.2) is 20.9 Å². The molecule has 5 nitrogen and oxygen atoms in total. The number of sulfonamides is 1. The van der Waals surface area contributed by atoms with Crippen molar-refractivity contribution in [3.8, 4) is 0 Å². The number of alkyl halides is 3.